The van der Waals surface area contributed by atoms with E-state index in [4.69, 9.17) is 0 Å². The zero-order chi connectivity index (χ0) is 38.9. The summed E-state index contributed by atoms with van der Waals surface area (Å²) in [7, 11) is 0. The fraction of sp³-hybridized carbons (Fsp3) is 0. The number of hydrogen-bond acceptors (Lipinski definition) is 1. The van der Waals surface area contributed by atoms with Crippen molar-refractivity contribution in [1.82, 2.24) is 0 Å². The van der Waals surface area contributed by atoms with Crippen LogP contribution in [0.1, 0.15) is 0 Å². The van der Waals surface area contributed by atoms with Gasteiger partial charge in [-0.3, -0.25) is 0 Å². The largest absolute Gasteiger partial charge is 0.309 e. The minimum Gasteiger partial charge on any atom is -0.309 e. The summed E-state index contributed by atoms with van der Waals surface area (Å²) in [6.07, 6.45) is 0. The average molecular weight is 748 g/mol. The van der Waals surface area contributed by atoms with Gasteiger partial charge in [0.2, 0.25) is 0 Å². The Morgan fingerprint density at radius 3 is 1.49 bits per heavy atom. The molecule has 1 nitrogen and oxygen atoms in total. The highest BCUT2D eigenvalue weighted by molar-refractivity contribution is 6.25. The van der Waals surface area contributed by atoms with Crippen molar-refractivity contribution in [3.8, 4) is 55.6 Å². The van der Waals surface area contributed by atoms with E-state index in [1.54, 1.807) is 0 Å². The minimum absolute atomic E-state index is 1.13. The van der Waals surface area contributed by atoms with Gasteiger partial charge in [0.1, 0.15) is 0 Å². The van der Waals surface area contributed by atoms with Crippen LogP contribution in [0.3, 0.4) is 0 Å². The fourth-order valence-corrected chi connectivity index (χ4v) is 9.52. The molecule has 1 aliphatic heterocycles. The molecule has 0 aliphatic carbocycles. The molecule has 0 saturated carbocycles. The lowest BCUT2D eigenvalue weighted by Gasteiger charge is -2.27. The maximum absolute atomic E-state index is 2.43. The average Bonchev–Trinajstić information content (AvgIpc) is 3.43. The topological polar surface area (TPSA) is 3.24 Å². The van der Waals surface area contributed by atoms with Gasteiger partial charge >= 0.3 is 0 Å². The van der Waals surface area contributed by atoms with Crippen LogP contribution in [0.5, 0.6) is 0 Å². The van der Waals surface area contributed by atoms with Crippen LogP contribution in [0, 0.1) is 0 Å². The molecule has 1 heterocycles. The summed E-state index contributed by atoms with van der Waals surface area (Å²) in [5.74, 6) is 0. The van der Waals surface area contributed by atoms with E-state index in [1.807, 2.05) is 0 Å². The lowest BCUT2D eigenvalue weighted by Crippen LogP contribution is -2.10. The maximum atomic E-state index is 2.43. The molecule has 0 aromatic heterocycles. The number of nitrogens with zero attached hydrogens (tertiary/aromatic N) is 1. The Hall–Kier alpha value is -7.74. The van der Waals surface area contributed by atoms with Crippen LogP contribution in [0.15, 0.2) is 224 Å². The SMILES string of the molecule is c1ccc(N2c3ccccc3-c3ccc(-c4ccc5ccccc5c4)cc3-c3cc(-c4cccc(-c5ccc6c7ccccc7c7ccccc7c6c5)c4)ccc32)cc1. The van der Waals surface area contributed by atoms with Gasteiger partial charge in [-0.15, -0.1) is 0 Å². The number of hydrogen-bond donors (Lipinski definition) is 0. The van der Waals surface area contributed by atoms with Crippen LogP contribution in [0.25, 0.3) is 98.7 Å². The molecule has 0 saturated heterocycles. The molecule has 0 radical (unpaired) electrons. The zero-order valence-electron chi connectivity index (χ0n) is 32.3. The Morgan fingerprint density at radius 2 is 0.729 bits per heavy atom. The Labute approximate surface area is 343 Å². The van der Waals surface area contributed by atoms with Crippen LogP contribution in [0.4, 0.5) is 17.1 Å². The minimum atomic E-state index is 1.13. The molecule has 0 amide bonds. The Morgan fingerprint density at radius 1 is 0.220 bits per heavy atom. The van der Waals surface area contributed by atoms with Crippen molar-refractivity contribution < 1.29 is 0 Å². The van der Waals surface area contributed by atoms with E-state index in [0.29, 0.717) is 0 Å². The third kappa shape index (κ3) is 5.47. The summed E-state index contributed by atoms with van der Waals surface area (Å²) in [4.78, 5) is 2.43. The molecule has 0 fully saturated rings. The van der Waals surface area contributed by atoms with E-state index in [-0.39, 0.29) is 0 Å². The van der Waals surface area contributed by atoms with Gasteiger partial charge in [0.15, 0.2) is 0 Å². The van der Waals surface area contributed by atoms with Crippen LogP contribution in [0.2, 0.25) is 0 Å². The second kappa shape index (κ2) is 13.4. The van der Waals surface area contributed by atoms with Crippen molar-refractivity contribution >= 4 is 60.2 Å². The molecular formula is C58H37N. The van der Waals surface area contributed by atoms with Crippen molar-refractivity contribution in [3.63, 3.8) is 0 Å². The third-order valence-electron chi connectivity index (χ3n) is 12.4. The molecule has 0 bridgehead atoms. The second-order valence-electron chi connectivity index (χ2n) is 15.7. The molecule has 11 aromatic rings. The number of anilines is 3. The Balaban J connectivity index is 1.04. The van der Waals surface area contributed by atoms with Gasteiger partial charge in [-0.25, -0.2) is 0 Å². The van der Waals surface area contributed by atoms with Crippen molar-refractivity contribution in [2.45, 2.75) is 0 Å². The highest BCUT2D eigenvalue weighted by Crippen LogP contribution is 2.52. The summed E-state index contributed by atoms with van der Waals surface area (Å²) in [6.45, 7) is 0. The van der Waals surface area contributed by atoms with Crippen molar-refractivity contribution in [1.29, 1.82) is 0 Å². The van der Waals surface area contributed by atoms with Crippen molar-refractivity contribution in [3.05, 3.63) is 224 Å². The summed E-state index contributed by atoms with van der Waals surface area (Å²) >= 11 is 0. The standard InChI is InChI=1S/C58H37N/c1-2-17-46(18-3-1)59-57-24-11-10-23-53(57)52-31-28-44(42-26-25-38-13-4-5-14-39(38)33-42)36-55(52)56-37-45(29-32-58(56)59)41-16-12-15-40(34-41)43-27-30-51-49-21-7-6-19-47(49)48-20-8-9-22-50(48)54(51)35-43/h1-37H. The van der Waals surface area contributed by atoms with Gasteiger partial charge in [-0.2, -0.15) is 0 Å². The first kappa shape index (κ1) is 33.4. The number of rotatable bonds is 4. The van der Waals surface area contributed by atoms with Crippen LogP contribution in [-0.2, 0) is 0 Å². The molecule has 11 aromatic carbocycles. The first-order chi connectivity index (χ1) is 29.2. The second-order valence-corrected chi connectivity index (χ2v) is 15.7. The molecule has 1 aliphatic rings. The maximum Gasteiger partial charge on any atom is 0.0540 e. The monoisotopic (exact) mass is 747 g/mol. The molecular weight excluding hydrogens is 711 g/mol. The lowest BCUT2D eigenvalue weighted by molar-refractivity contribution is 1.29. The van der Waals surface area contributed by atoms with E-state index in [0.717, 1.165) is 11.4 Å². The van der Waals surface area contributed by atoms with Gasteiger partial charge in [0.05, 0.1) is 11.4 Å². The molecule has 0 spiro atoms. The van der Waals surface area contributed by atoms with Gasteiger partial charge < -0.3 is 4.90 Å². The van der Waals surface area contributed by atoms with Gasteiger partial charge in [0, 0.05) is 16.8 Å². The van der Waals surface area contributed by atoms with E-state index in [1.165, 1.54) is 104 Å². The summed E-state index contributed by atoms with van der Waals surface area (Å²) in [5, 5.41) is 10.2. The number of fused-ring (bicyclic) bond motifs is 12. The number of benzene rings is 11. The molecule has 12 rings (SSSR count). The Kier molecular flexibility index (Phi) is 7.61. The zero-order valence-corrected chi connectivity index (χ0v) is 32.3. The molecule has 59 heavy (non-hydrogen) atoms. The summed E-state index contributed by atoms with van der Waals surface area (Å²) in [6, 6.07) is 82.8. The highest BCUT2D eigenvalue weighted by Gasteiger charge is 2.27. The van der Waals surface area contributed by atoms with Gasteiger partial charge in [0.25, 0.3) is 0 Å². The first-order valence-corrected chi connectivity index (χ1v) is 20.4. The smallest absolute Gasteiger partial charge is 0.0540 e. The fourth-order valence-electron chi connectivity index (χ4n) is 9.52. The summed E-state index contributed by atoms with van der Waals surface area (Å²) in [5.41, 5.74) is 15.5. The van der Waals surface area contributed by atoms with E-state index < -0.39 is 0 Å². The molecule has 0 N–H and O–H groups in total. The van der Waals surface area contributed by atoms with Gasteiger partial charge in [-0.1, -0.05) is 170 Å². The lowest BCUT2D eigenvalue weighted by atomic mass is 9.89. The first-order valence-electron chi connectivity index (χ1n) is 20.4. The normalized spacial score (nSPS) is 12.0. The third-order valence-corrected chi connectivity index (χ3v) is 12.4. The predicted octanol–water partition coefficient (Wildman–Crippen LogP) is 16.4. The van der Waals surface area contributed by atoms with Crippen molar-refractivity contribution in [2.24, 2.45) is 0 Å². The number of para-hydroxylation sites is 2. The highest BCUT2D eigenvalue weighted by atomic mass is 15.1. The van der Waals surface area contributed by atoms with Crippen molar-refractivity contribution in [2.75, 3.05) is 4.90 Å². The summed E-state index contributed by atoms with van der Waals surface area (Å²) < 4.78 is 0. The molecule has 0 unspecified atom stereocenters. The van der Waals surface area contributed by atoms with Gasteiger partial charge in [-0.05, 0) is 142 Å². The Bertz CT molecular complexity index is 3410. The van der Waals surface area contributed by atoms with E-state index in [9.17, 15) is 0 Å². The molecule has 1 heteroatoms. The molecule has 274 valence electrons. The van der Waals surface area contributed by atoms with Crippen LogP contribution >= 0.6 is 0 Å². The van der Waals surface area contributed by atoms with E-state index >= 15 is 0 Å². The predicted molar refractivity (Wildman–Crippen MR) is 252 cm³/mol. The quantitative estimate of drug-likeness (QED) is 0.162. The van der Waals surface area contributed by atoms with E-state index in [2.05, 4.69) is 229 Å². The molecule has 0 atom stereocenters. The van der Waals surface area contributed by atoms with Crippen LogP contribution in [-0.4, -0.2) is 0 Å². The van der Waals surface area contributed by atoms with Crippen LogP contribution < -0.4 is 4.90 Å².